The van der Waals surface area contributed by atoms with Crippen LogP contribution in [0.3, 0.4) is 0 Å². The summed E-state index contributed by atoms with van der Waals surface area (Å²) in [6.45, 7) is 4.99. The molecule has 1 heterocycles. The molecule has 0 aromatic heterocycles. The fourth-order valence-electron chi connectivity index (χ4n) is 3.03. The van der Waals surface area contributed by atoms with Crippen LogP contribution in [-0.4, -0.2) is 30.6 Å². The quantitative estimate of drug-likeness (QED) is 0.908. The second kappa shape index (κ2) is 8.63. The number of nitrogens with two attached hydrogens (primary N) is 1. The van der Waals surface area contributed by atoms with Gasteiger partial charge < -0.3 is 10.5 Å². The van der Waals surface area contributed by atoms with Crippen LogP contribution < -0.4 is 5.73 Å². The average molecular weight is 299 g/mol. The Morgan fingerprint density at radius 1 is 1.35 bits per heavy atom. The molecule has 2 N–H and O–H groups in total. The molecule has 0 aliphatic carbocycles. The van der Waals surface area contributed by atoms with Gasteiger partial charge in [-0.15, -0.1) is 12.4 Å². The van der Waals surface area contributed by atoms with E-state index in [1.165, 1.54) is 36.9 Å². The van der Waals surface area contributed by atoms with E-state index in [4.69, 9.17) is 10.5 Å². The van der Waals surface area contributed by atoms with E-state index < -0.39 is 0 Å². The Labute approximate surface area is 128 Å². The van der Waals surface area contributed by atoms with Gasteiger partial charge in [-0.1, -0.05) is 30.7 Å². The van der Waals surface area contributed by atoms with Gasteiger partial charge in [-0.3, -0.25) is 4.90 Å². The molecule has 0 spiro atoms. The molecule has 1 aromatic rings. The largest absolute Gasteiger partial charge is 0.380 e. The van der Waals surface area contributed by atoms with E-state index in [0.717, 1.165) is 6.54 Å². The maximum atomic E-state index is 6.13. The van der Waals surface area contributed by atoms with E-state index in [1.54, 1.807) is 7.11 Å². The Balaban J connectivity index is 0.00000200. The lowest BCUT2D eigenvalue weighted by Crippen LogP contribution is -2.48. The highest BCUT2D eigenvalue weighted by molar-refractivity contribution is 5.85. The van der Waals surface area contributed by atoms with Gasteiger partial charge in [0.2, 0.25) is 0 Å². The van der Waals surface area contributed by atoms with Gasteiger partial charge in [0, 0.05) is 25.7 Å². The summed E-state index contributed by atoms with van der Waals surface area (Å²) >= 11 is 0. The highest BCUT2D eigenvalue weighted by Gasteiger charge is 2.25. The van der Waals surface area contributed by atoms with Crippen molar-refractivity contribution < 1.29 is 4.74 Å². The highest BCUT2D eigenvalue weighted by Crippen LogP contribution is 2.21. The van der Waals surface area contributed by atoms with Crippen molar-refractivity contribution >= 4 is 12.4 Å². The second-order valence-electron chi connectivity index (χ2n) is 5.65. The topological polar surface area (TPSA) is 38.5 Å². The summed E-state index contributed by atoms with van der Waals surface area (Å²) in [6, 6.07) is 9.46. The second-order valence-corrected chi connectivity index (χ2v) is 5.65. The maximum absolute atomic E-state index is 6.13. The third-order valence-electron chi connectivity index (χ3n) is 3.96. The number of methoxy groups -OCH3 is 1. The van der Waals surface area contributed by atoms with Crippen LogP contribution in [0.2, 0.25) is 0 Å². The van der Waals surface area contributed by atoms with Gasteiger partial charge in [-0.05, 0) is 37.4 Å². The molecule has 0 bridgehead atoms. The standard InChI is InChI=1S/C16H26N2O.ClH/c1-13(17)16-8-3-4-9-18(16)11-14-6-5-7-15(10-14)12-19-2;/h5-7,10,13,16H,3-4,8-9,11-12,17H2,1-2H3;1H. The van der Waals surface area contributed by atoms with Gasteiger partial charge in [0.25, 0.3) is 0 Å². The van der Waals surface area contributed by atoms with Crippen LogP contribution in [-0.2, 0) is 17.9 Å². The fraction of sp³-hybridized carbons (Fsp3) is 0.625. The minimum absolute atomic E-state index is 0. The van der Waals surface area contributed by atoms with Crippen molar-refractivity contribution in [2.75, 3.05) is 13.7 Å². The van der Waals surface area contributed by atoms with Crippen molar-refractivity contribution in [2.24, 2.45) is 5.73 Å². The zero-order valence-electron chi connectivity index (χ0n) is 12.5. The molecule has 2 rings (SSSR count). The van der Waals surface area contributed by atoms with Gasteiger partial charge in [0.15, 0.2) is 0 Å². The van der Waals surface area contributed by atoms with Gasteiger partial charge >= 0.3 is 0 Å². The molecular formula is C16H27ClN2O. The molecule has 0 saturated carbocycles. The van der Waals surface area contributed by atoms with Gasteiger partial charge in [-0.2, -0.15) is 0 Å². The fourth-order valence-corrected chi connectivity index (χ4v) is 3.03. The van der Waals surface area contributed by atoms with E-state index >= 15 is 0 Å². The van der Waals surface area contributed by atoms with Crippen LogP contribution in [0.1, 0.15) is 37.3 Å². The highest BCUT2D eigenvalue weighted by atomic mass is 35.5. The average Bonchev–Trinajstić information content (AvgIpc) is 2.40. The predicted molar refractivity (Wildman–Crippen MR) is 86.1 cm³/mol. The van der Waals surface area contributed by atoms with E-state index in [0.29, 0.717) is 12.6 Å². The van der Waals surface area contributed by atoms with Crippen LogP contribution in [0.4, 0.5) is 0 Å². The van der Waals surface area contributed by atoms with Crippen LogP contribution in [0.5, 0.6) is 0 Å². The molecule has 1 aliphatic heterocycles. The number of rotatable bonds is 5. The van der Waals surface area contributed by atoms with E-state index in [1.807, 2.05) is 0 Å². The van der Waals surface area contributed by atoms with Crippen molar-refractivity contribution in [2.45, 2.75) is 51.4 Å². The van der Waals surface area contributed by atoms with Gasteiger partial charge in [0.1, 0.15) is 0 Å². The molecule has 1 fully saturated rings. The van der Waals surface area contributed by atoms with Crippen molar-refractivity contribution in [1.82, 2.24) is 4.90 Å². The molecule has 20 heavy (non-hydrogen) atoms. The molecule has 1 saturated heterocycles. The predicted octanol–water partition coefficient (Wildman–Crippen LogP) is 2.96. The molecule has 2 atom stereocenters. The minimum atomic E-state index is 0. The van der Waals surface area contributed by atoms with Crippen molar-refractivity contribution in [3.05, 3.63) is 35.4 Å². The van der Waals surface area contributed by atoms with Crippen LogP contribution in [0.25, 0.3) is 0 Å². The van der Waals surface area contributed by atoms with Crippen LogP contribution in [0.15, 0.2) is 24.3 Å². The molecule has 0 radical (unpaired) electrons. The first kappa shape index (κ1) is 17.4. The molecule has 0 amide bonds. The normalized spacial score (nSPS) is 21.2. The van der Waals surface area contributed by atoms with E-state index in [9.17, 15) is 0 Å². The number of benzene rings is 1. The summed E-state index contributed by atoms with van der Waals surface area (Å²) in [5.74, 6) is 0. The molecule has 114 valence electrons. The number of ether oxygens (including phenoxy) is 1. The molecule has 3 nitrogen and oxygen atoms in total. The van der Waals surface area contributed by atoms with Crippen molar-refractivity contribution in [1.29, 1.82) is 0 Å². The lowest BCUT2D eigenvalue weighted by molar-refractivity contribution is 0.123. The molecule has 1 aromatic carbocycles. The number of likely N-dealkylation sites (tertiary alicyclic amines) is 1. The van der Waals surface area contributed by atoms with E-state index in [2.05, 4.69) is 36.1 Å². The minimum Gasteiger partial charge on any atom is -0.380 e. The summed E-state index contributed by atoms with van der Waals surface area (Å²) in [5, 5.41) is 0. The number of halogens is 1. The Bertz CT molecular complexity index is 398. The number of hydrogen-bond acceptors (Lipinski definition) is 3. The SMILES string of the molecule is COCc1cccc(CN2CCCCC2C(C)N)c1.Cl. The third-order valence-corrected chi connectivity index (χ3v) is 3.96. The monoisotopic (exact) mass is 298 g/mol. The van der Waals surface area contributed by atoms with Gasteiger partial charge in [-0.25, -0.2) is 0 Å². The first-order chi connectivity index (χ1) is 9.20. The Morgan fingerprint density at radius 3 is 2.80 bits per heavy atom. The van der Waals surface area contributed by atoms with Gasteiger partial charge in [0.05, 0.1) is 6.61 Å². The first-order valence-electron chi connectivity index (χ1n) is 7.27. The Hall–Kier alpha value is -0.610. The van der Waals surface area contributed by atoms with Crippen LogP contribution >= 0.6 is 12.4 Å². The number of hydrogen-bond donors (Lipinski definition) is 1. The Kier molecular flexibility index (Phi) is 7.52. The molecular weight excluding hydrogens is 272 g/mol. The number of piperidine rings is 1. The zero-order valence-corrected chi connectivity index (χ0v) is 13.4. The molecule has 2 unspecified atom stereocenters. The van der Waals surface area contributed by atoms with Crippen molar-refractivity contribution in [3.63, 3.8) is 0 Å². The van der Waals surface area contributed by atoms with E-state index in [-0.39, 0.29) is 18.4 Å². The van der Waals surface area contributed by atoms with Crippen LogP contribution in [0, 0.1) is 0 Å². The summed E-state index contributed by atoms with van der Waals surface area (Å²) in [6.07, 6.45) is 3.84. The lowest BCUT2D eigenvalue weighted by atomic mass is 9.96. The summed E-state index contributed by atoms with van der Waals surface area (Å²) in [4.78, 5) is 2.54. The number of nitrogens with zero attached hydrogens (tertiary/aromatic N) is 1. The summed E-state index contributed by atoms with van der Waals surface area (Å²) in [7, 11) is 1.74. The van der Waals surface area contributed by atoms with Crippen molar-refractivity contribution in [3.8, 4) is 0 Å². The lowest BCUT2D eigenvalue weighted by Gasteiger charge is -2.38. The molecule has 4 heteroatoms. The zero-order chi connectivity index (χ0) is 13.7. The Morgan fingerprint density at radius 2 is 2.10 bits per heavy atom. The maximum Gasteiger partial charge on any atom is 0.0713 e. The third kappa shape index (κ3) is 4.74. The smallest absolute Gasteiger partial charge is 0.0713 e. The summed E-state index contributed by atoms with van der Waals surface area (Å²) < 4.78 is 5.20. The summed E-state index contributed by atoms with van der Waals surface area (Å²) in [5.41, 5.74) is 8.73. The molecule has 1 aliphatic rings. The first-order valence-corrected chi connectivity index (χ1v) is 7.27.